The number of carboxylic acids is 1. The minimum atomic E-state index is -2.23. The number of nitrogens with zero attached hydrogens (tertiary/aromatic N) is 3. The molecular weight excluding hydrogens is 215 g/mol. The highest BCUT2D eigenvalue weighted by atomic mass is 19.2. The minimum absolute atomic E-state index is 0.377. The Kier molecular flexibility index (Phi) is 3.64. The molecular formula is C7H8F3N3O2. The molecule has 1 heterocycles. The largest absolute Gasteiger partial charge is 0.476 e. The Hall–Kier alpha value is -1.60. The first kappa shape index (κ1) is 11.5. The molecule has 0 amide bonds. The highest BCUT2D eigenvalue weighted by Crippen LogP contribution is 2.07. The van der Waals surface area contributed by atoms with Crippen molar-refractivity contribution in [2.45, 2.75) is 18.9 Å². The van der Waals surface area contributed by atoms with Crippen molar-refractivity contribution in [3.05, 3.63) is 11.9 Å². The standard InChI is InChI=1S/C7H8F3N3O2/c8-1-4(9)5(10)2-13-3-6(7(14)15)11-12-13/h3-5H,1-2H2,(H,14,15). The molecule has 0 aliphatic rings. The Bertz CT molecular complexity index is 344. The van der Waals surface area contributed by atoms with Crippen LogP contribution in [0.1, 0.15) is 10.5 Å². The highest BCUT2D eigenvalue weighted by molar-refractivity contribution is 5.84. The molecule has 0 spiro atoms. The van der Waals surface area contributed by atoms with E-state index in [1.165, 1.54) is 0 Å². The Labute approximate surface area is 82.5 Å². The SMILES string of the molecule is O=C(O)c1cn(CC(F)C(F)CF)nn1. The second kappa shape index (κ2) is 4.76. The quantitative estimate of drug-likeness (QED) is 0.794. The van der Waals surface area contributed by atoms with Gasteiger partial charge in [-0.25, -0.2) is 22.6 Å². The molecule has 0 aliphatic carbocycles. The van der Waals surface area contributed by atoms with E-state index in [0.29, 0.717) is 0 Å². The molecule has 5 nitrogen and oxygen atoms in total. The van der Waals surface area contributed by atoms with Crippen molar-refractivity contribution in [2.75, 3.05) is 6.67 Å². The monoisotopic (exact) mass is 223 g/mol. The van der Waals surface area contributed by atoms with Crippen molar-refractivity contribution in [1.82, 2.24) is 15.0 Å². The molecule has 1 aromatic rings. The van der Waals surface area contributed by atoms with Gasteiger partial charge < -0.3 is 5.11 Å². The van der Waals surface area contributed by atoms with E-state index in [1.807, 2.05) is 0 Å². The molecule has 0 saturated carbocycles. The Balaban J connectivity index is 2.61. The predicted molar refractivity (Wildman–Crippen MR) is 42.7 cm³/mol. The molecule has 1 N–H and O–H groups in total. The van der Waals surface area contributed by atoms with Crippen LogP contribution in [0.3, 0.4) is 0 Å². The summed E-state index contributed by atoms with van der Waals surface area (Å²) in [7, 11) is 0. The van der Waals surface area contributed by atoms with Crippen LogP contribution in [-0.4, -0.2) is 45.1 Å². The highest BCUT2D eigenvalue weighted by Gasteiger charge is 2.21. The van der Waals surface area contributed by atoms with Crippen LogP contribution >= 0.6 is 0 Å². The number of aromatic nitrogens is 3. The number of rotatable bonds is 5. The van der Waals surface area contributed by atoms with Gasteiger partial charge >= 0.3 is 5.97 Å². The van der Waals surface area contributed by atoms with Crippen LogP contribution in [0.4, 0.5) is 13.2 Å². The van der Waals surface area contributed by atoms with E-state index in [2.05, 4.69) is 10.3 Å². The Morgan fingerprint density at radius 3 is 2.67 bits per heavy atom. The van der Waals surface area contributed by atoms with E-state index in [-0.39, 0.29) is 5.69 Å². The second-order valence-electron chi connectivity index (χ2n) is 2.82. The molecule has 0 bridgehead atoms. The number of hydrogen-bond donors (Lipinski definition) is 1. The van der Waals surface area contributed by atoms with E-state index in [9.17, 15) is 18.0 Å². The van der Waals surface area contributed by atoms with Crippen LogP contribution in [0.2, 0.25) is 0 Å². The summed E-state index contributed by atoms with van der Waals surface area (Å²) in [5.74, 6) is -1.32. The van der Waals surface area contributed by atoms with Crippen LogP contribution < -0.4 is 0 Å². The van der Waals surface area contributed by atoms with Gasteiger partial charge in [0.15, 0.2) is 18.0 Å². The molecule has 2 unspecified atom stereocenters. The van der Waals surface area contributed by atoms with Crippen LogP contribution in [0.5, 0.6) is 0 Å². The zero-order valence-corrected chi connectivity index (χ0v) is 7.48. The van der Waals surface area contributed by atoms with Crippen molar-refractivity contribution >= 4 is 5.97 Å². The van der Waals surface area contributed by atoms with Gasteiger partial charge in [0.05, 0.1) is 12.7 Å². The van der Waals surface area contributed by atoms with Gasteiger partial charge in [-0.15, -0.1) is 5.10 Å². The number of carbonyl (C=O) groups is 1. The molecule has 84 valence electrons. The maximum Gasteiger partial charge on any atom is 0.358 e. The lowest BCUT2D eigenvalue weighted by Gasteiger charge is -2.09. The second-order valence-corrected chi connectivity index (χ2v) is 2.82. The first-order chi connectivity index (χ1) is 7.04. The summed E-state index contributed by atoms with van der Waals surface area (Å²) >= 11 is 0. The summed E-state index contributed by atoms with van der Waals surface area (Å²) in [6.07, 6.45) is -3.36. The van der Waals surface area contributed by atoms with E-state index in [1.54, 1.807) is 0 Å². The normalized spacial score (nSPS) is 14.9. The number of aromatic carboxylic acids is 1. The lowest BCUT2D eigenvalue weighted by atomic mass is 10.2. The van der Waals surface area contributed by atoms with Crippen LogP contribution in [-0.2, 0) is 6.54 Å². The van der Waals surface area contributed by atoms with Gasteiger partial charge in [-0.1, -0.05) is 5.21 Å². The molecule has 0 saturated heterocycles. The van der Waals surface area contributed by atoms with Gasteiger partial charge in [0, 0.05) is 0 Å². The van der Waals surface area contributed by atoms with Crippen LogP contribution in [0.15, 0.2) is 6.20 Å². The third-order valence-corrected chi connectivity index (χ3v) is 1.66. The summed E-state index contributed by atoms with van der Waals surface area (Å²) in [5.41, 5.74) is -0.377. The topological polar surface area (TPSA) is 68.0 Å². The molecule has 15 heavy (non-hydrogen) atoms. The summed E-state index contributed by atoms with van der Waals surface area (Å²) < 4.78 is 37.8. The first-order valence-electron chi connectivity index (χ1n) is 4.02. The summed E-state index contributed by atoms with van der Waals surface area (Å²) in [5, 5.41) is 14.9. The fraction of sp³-hybridized carbons (Fsp3) is 0.571. The van der Waals surface area contributed by atoms with Gasteiger partial charge in [-0.05, 0) is 0 Å². The van der Waals surface area contributed by atoms with Crippen molar-refractivity contribution < 1.29 is 23.1 Å². The van der Waals surface area contributed by atoms with Gasteiger partial charge in [-0.3, -0.25) is 0 Å². The van der Waals surface area contributed by atoms with Crippen LogP contribution in [0.25, 0.3) is 0 Å². The summed E-state index contributed by atoms with van der Waals surface area (Å²) in [4.78, 5) is 10.3. The number of halogens is 3. The average molecular weight is 223 g/mol. The zero-order valence-electron chi connectivity index (χ0n) is 7.48. The number of carboxylic acid groups (broad SMARTS) is 1. The Morgan fingerprint density at radius 1 is 1.53 bits per heavy atom. The molecule has 0 aromatic carbocycles. The molecule has 2 atom stereocenters. The lowest BCUT2D eigenvalue weighted by molar-refractivity contribution is 0.0690. The van der Waals surface area contributed by atoms with Gasteiger partial charge in [-0.2, -0.15) is 0 Å². The third kappa shape index (κ3) is 2.93. The molecule has 0 fully saturated rings. The number of hydrogen-bond acceptors (Lipinski definition) is 3. The van der Waals surface area contributed by atoms with Crippen LogP contribution in [0, 0.1) is 0 Å². The predicted octanol–water partition coefficient (Wildman–Crippen LogP) is 0.622. The van der Waals surface area contributed by atoms with Gasteiger partial charge in [0.2, 0.25) is 0 Å². The van der Waals surface area contributed by atoms with E-state index < -0.39 is 31.5 Å². The van der Waals surface area contributed by atoms with Crippen molar-refractivity contribution in [3.8, 4) is 0 Å². The summed E-state index contributed by atoms with van der Waals surface area (Å²) in [6.45, 7) is -1.99. The number of alkyl halides is 3. The van der Waals surface area contributed by atoms with Gasteiger partial charge in [0.1, 0.15) is 6.67 Å². The van der Waals surface area contributed by atoms with Crippen molar-refractivity contribution in [3.63, 3.8) is 0 Å². The average Bonchev–Trinajstić information content (AvgIpc) is 2.65. The lowest BCUT2D eigenvalue weighted by Crippen LogP contribution is -2.25. The zero-order chi connectivity index (χ0) is 11.4. The maximum atomic E-state index is 12.8. The van der Waals surface area contributed by atoms with Crippen molar-refractivity contribution in [2.24, 2.45) is 0 Å². The van der Waals surface area contributed by atoms with Gasteiger partial charge in [0.25, 0.3) is 0 Å². The van der Waals surface area contributed by atoms with E-state index >= 15 is 0 Å². The molecule has 0 radical (unpaired) electrons. The fourth-order valence-electron chi connectivity index (χ4n) is 0.875. The Morgan fingerprint density at radius 2 is 2.20 bits per heavy atom. The maximum absolute atomic E-state index is 12.8. The first-order valence-corrected chi connectivity index (χ1v) is 4.02. The van der Waals surface area contributed by atoms with Crippen molar-refractivity contribution in [1.29, 1.82) is 0 Å². The summed E-state index contributed by atoms with van der Waals surface area (Å²) in [6, 6.07) is 0. The smallest absolute Gasteiger partial charge is 0.358 e. The molecule has 1 aromatic heterocycles. The fourth-order valence-corrected chi connectivity index (χ4v) is 0.875. The van der Waals surface area contributed by atoms with E-state index in [4.69, 9.17) is 5.11 Å². The molecule has 8 heteroatoms. The molecule has 0 aliphatic heterocycles. The minimum Gasteiger partial charge on any atom is -0.476 e. The molecule has 1 rings (SSSR count). The third-order valence-electron chi connectivity index (χ3n) is 1.66. The van der Waals surface area contributed by atoms with E-state index in [0.717, 1.165) is 10.9 Å².